The van der Waals surface area contributed by atoms with Crippen LogP contribution in [-0.2, 0) is 10.1 Å². The average molecular weight is 332 g/mol. The van der Waals surface area contributed by atoms with Gasteiger partial charge in [-0.3, -0.25) is 4.55 Å². The van der Waals surface area contributed by atoms with Crippen molar-refractivity contribution in [3.05, 3.63) is 73.1 Å². The number of hydrogen-bond acceptors (Lipinski definition) is 4. The molecule has 1 aliphatic rings. The molecule has 0 saturated carbocycles. The molecule has 0 saturated heterocycles. The smallest absolute Gasteiger partial charge is 0.261 e. The van der Waals surface area contributed by atoms with Gasteiger partial charge in [0.25, 0.3) is 10.1 Å². The Hall–Kier alpha value is -2.31. The van der Waals surface area contributed by atoms with E-state index >= 15 is 0 Å². The van der Waals surface area contributed by atoms with Crippen LogP contribution < -0.4 is 9.80 Å². The molecule has 5 nitrogen and oxygen atoms in total. The van der Waals surface area contributed by atoms with Crippen LogP contribution in [0.3, 0.4) is 0 Å². The van der Waals surface area contributed by atoms with Gasteiger partial charge in [0.15, 0.2) is 0 Å². The number of para-hydroxylation sites is 2. The molecule has 0 aliphatic carbocycles. The van der Waals surface area contributed by atoms with Crippen LogP contribution in [0.25, 0.3) is 0 Å². The molecule has 0 bridgehead atoms. The van der Waals surface area contributed by atoms with Crippen molar-refractivity contribution in [2.24, 2.45) is 0 Å². The number of benzene rings is 2. The van der Waals surface area contributed by atoms with E-state index in [1.807, 2.05) is 12.1 Å². The molecule has 122 valence electrons. The first-order chi connectivity index (χ1) is 10.9. The molecule has 0 aromatic heterocycles. The van der Waals surface area contributed by atoms with Crippen molar-refractivity contribution < 1.29 is 13.0 Å². The van der Waals surface area contributed by atoms with E-state index < -0.39 is 10.1 Å². The summed E-state index contributed by atoms with van der Waals surface area (Å²) in [6.45, 7) is 2.21. The Morgan fingerprint density at radius 3 is 1.43 bits per heavy atom. The zero-order valence-electron chi connectivity index (χ0n) is 13.1. The number of nitrogens with zero attached hydrogens (tertiary/aromatic N) is 2. The van der Waals surface area contributed by atoms with Crippen molar-refractivity contribution in [2.75, 3.05) is 16.1 Å². The average Bonchev–Trinajstić information content (AvgIpc) is 2.89. The summed E-state index contributed by atoms with van der Waals surface area (Å²) in [5, 5.41) is 0. The van der Waals surface area contributed by atoms with E-state index in [4.69, 9.17) is 4.55 Å². The van der Waals surface area contributed by atoms with Crippen molar-refractivity contribution >= 4 is 21.5 Å². The molecule has 0 fully saturated rings. The van der Waals surface area contributed by atoms with Gasteiger partial charge in [0.2, 0.25) is 0 Å². The van der Waals surface area contributed by atoms with Gasteiger partial charge in [0.1, 0.15) is 6.17 Å². The maximum atomic E-state index is 9.19. The van der Waals surface area contributed by atoms with Gasteiger partial charge in [0.05, 0.1) is 6.26 Å². The van der Waals surface area contributed by atoms with Gasteiger partial charge in [0, 0.05) is 23.8 Å². The maximum Gasteiger partial charge on any atom is 0.261 e. The van der Waals surface area contributed by atoms with Gasteiger partial charge in [-0.2, -0.15) is 8.42 Å². The molecule has 0 radical (unpaired) electrons. The van der Waals surface area contributed by atoms with Crippen molar-refractivity contribution in [1.82, 2.24) is 0 Å². The van der Waals surface area contributed by atoms with E-state index in [0.717, 1.165) is 0 Å². The number of rotatable bonds is 2. The largest absolute Gasteiger partial charge is 0.326 e. The normalized spacial score (nSPS) is 14.6. The monoisotopic (exact) mass is 332 g/mol. The molecule has 2 aromatic rings. The molecule has 0 unspecified atom stereocenters. The van der Waals surface area contributed by atoms with Gasteiger partial charge in [-0.1, -0.05) is 36.4 Å². The molecule has 0 spiro atoms. The van der Waals surface area contributed by atoms with E-state index in [0.29, 0.717) is 12.4 Å². The summed E-state index contributed by atoms with van der Waals surface area (Å²) < 4.78 is 25.9. The molecule has 3 rings (SSSR count). The van der Waals surface area contributed by atoms with E-state index in [9.17, 15) is 8.42 Å². The van der Waals surface area contributed by atoms with E-state index in [2.05, 4.69) is 77.7 Å². The van der Waals surface area contributed by atoms with Crippen LogP contribution >= 0.6 is 0 Å². The lowest BCUT2D eigenvalue weighted by molar-refractivity contribution is 0.490. The Balaban J connectivity index is 0.000000338. The highest BCUT2D eigenvalue weighted by Gasteiger charge is 2.23. The zero-order chi connectivity index (χ0) is 16.9. The van der Waals surface area contributed by atoms with Crippen LogP contribution in [0.15, 0.2) is 73.1 Å². The minimum atomic E-state index is -3.67. The third-order valence-corrected chi connectivity index (χ3v) is 3.30. The highest BCUT2D eigenvalue weighted by molar-refractivity contribution is 7.85. The Labute approximate surface area is 137 Å². The minimum Gasteiger partial charge on any atom is -0.326 e. The second-order valence-corrected chi connectivity index (χ2v) is 6.61. The first-order valence-electron chi connectivity index (χ1n) is 7.14. The van der Waals surface area contributed by atoms with Crippen LogP contribution in [-0.4, -0.2) is 25.4 Å². The first-order valence-corrected chi connectivity index (χ1v) is 8.98. The summed E-state index contributed by atoms with van der Waals surface area (Å²) in [6.07, 6.45) is 5.28. The lowest BCUT2D eigenvalue weighted by Crippen LogP contribution is -2.35. The standard InChI is InChI=1S/C16H16N2.CH4O3S/c1-14-17(15-8-4-2-5-9-15)12-13-18(14)16-10-6-3-7-11-16;1-5(2,3)4/h2-14H,1H3;1H3,(H,2,3,4). The molecule has 2 aromatic carbocycles. The fourth-order valence-corrected chi connectivity index (χ4v) is 2.33. The molecule has 0 amide bonds. The fourth-order valence-electron chi connectivity index (χ4n) is 2.33. The Kier molecular flexibility index (Phi) is 5.41. The highest BCUT2D eigenvalue weighted by Crippen LogP contribution is 2.28. The lowest BCUT2D eigenvalue weighted by Gasteiger charge is -2.29. The van der Waals surface area contributed by atoms with Crippen LogP contribution in [0.2, 0.25) is 0 Å². The van der Waals surface area contributed by atoms with Gasteiger partial charge in [-0.15, -0.1) is 0 Å². The predicted octanol–water partition coefficient (Wildman–Crippen LogP) is 3.33. The summed E-state index contributed by atoms with van der Waals surface area (Å²) in [6, 6.07) is 20.9. The Morgan fingerprint density at radius 2 is 1.13 bits per heavy atom. The fraction of sp³-hybridized carbons (Fsp3) is 0.176. The quantitative estimate of drug-likeness (QED) is 0.855. The van der Waals surface area contributed by atoms with Crippen LogP contribution in [0.1, 0.15) is 6.92 Å². The van der Waals surface area contributed by atoms with Crippen LogP contribution in [0.4, 0.5) is 11.4 Å². The molecule has 0 atom stereocenters. The second-order valence-electron chi connectivity index (χ2n) is 5.15. The molecule has 6 heteroatoms. The lowest BCUT2D eigenvalue weighted by atomic mass is 10.2. The van der Waals surface area contributed by atoms with Crippen molar-refractivity contribution in [2.45, 2.75) is 13.1 Å². The SMILES string of the molecule is CC1N(c2ccccc2)C=CN1c1ccccc1.CS(=O)(=O)O. The Morgan fingerprint density at radius 1 is 0.826 bits per heavy atom. The van der Waals surface area contributed by atoms with Crippen molar-refractivity contribution in [3.8, 4) is 0 Å². The van der Waals surface area contributed by atoms with E-state index in [1.54, 1.807) is 0 Å². The summed E-state index contributed by atoms with van der Waals surface area (Å²) in [7, 11) is -3.67. The van der Waals surface area contributed by atoms with E-state index in [-0.39, 0.29) is 0 Å². The summed E-state index contributed by atoms with van der Waals surface area (Å²) in [4.78, 5) is 4.54. The molecule has 1 aliphatic heterocycles. The van der Waals surface area contributed by atoms with Gasteiger partial charge in [-0.05, 0) is 31.2 Å². The van der Waals surface area contributed by atoms with Gasteiger partial charge >= 0.3 is 0 Å². The number of anilines is 2. The zero-order valence-corrected chi connectivity index (χ0v) is 13.9. The molecule has 1 N–H and O–H groups in total. The second kappa shape index (κ2) is 7.30. The highest BCUT2D eigenvalue weighted by atomic mass is 32.2. The van der Waals surface area contributed by atoms with Crippen LogP contribution in [0, 0.1) is 0 Å². The first kappa shape index (κ1) is 17.1. The predicted molar refractivity (Wildman–Crippen MR) is 93.9 cm³/mol. The molecular formula is C17H20N2O3S. The molecule has 1 heterocycles. The maximum absolute atomic E-state index is 9.19. The summed E-state index contributed by atoms with van der Waals surface area (Å²) >= 11 is 0. The third kappa shape index (κ3) is 5.12. The minimum absolute atomic E-state index is 0.301. The van der Waals surface area contributed by atoms with Gasteiger partial charge < -0.3 is 9.80 Å². The summed E-state index contributed by atoms with van der Waals surface area (Å²) in [5.74, 6) is 0. The molecule has 23 heavy (non-hydrogen) atoms. The molecular weight excluding hydrogens is 312 g/mol. The number of hydrogen-bond donors (Lipinski definition) is 1. The van der Waals surface area contributed by atoms with E-state index in [1.165, 1.54) is 11.4 Å². The Bertz CT molecular complexity index is 688. The van der Waals surface area contributed by atoms with Crippen molar-refractivity contribution in [1.29, 1.82) is 0 Å². The van der Waals surface area contributed by atoms with Crippen molar-refractivity contribution in [3.63, 3.8) is 0 Å². The third-order valence-electron chi connectivity index (χ3n) is 3.30. The topological polar surface area (TPSA) is 60.9 Å². The summed E-state index contributed by atoms with van der Waals surface area (Å²) in [5.41, 5.74) is 2.44. The van der Waals surface area contributed by atoms with Crippen LogP contribution in [0.5, 0.6) is 0 Å². The van der Waals surface area contributed by atoms with Gasteiger partial charge in [-0.25, -0.2) is 0 Å².